The molecule has 1 aliphatic carbocycles. The minimum absolute atomic E-state index is 0.0144. The van der Waals surface area contributed by atoms with Crippen LogP contribution in [-0.4, -0.2) is 36.8 Å². The summed E-state index contributed by atoms with van der Waals surface area (Å²) in [6.45, 7) is -0.667. The van der Waals surface area contributed by atoms with Gasteiger partial charge in [0.15, 0.2) is 6.23 Å². The highest BCUT2D eigenvalue weighted by atomic mass is 35.5. The van der Waals surface area contributed by atoms with E-state index < -0.39 is 31.3 Å². The summed E-state index contributed by atoms with van der Waals surface area (Å²) in [5.74, 6) is -0.490. The lowest BCUT2D eigenvalue weighted by Gasteiger charge is -2.25. The molecule has 4 N–H and O–H groups in total. The van der Waals surface area contributed by atoms with Gasteiger partial charge >= 0.3 is 6.18 Å². The molecule has 0 radical (unpaired) electrons. The Morgan fingerprint density at radius 1 is 1.11 bits per heavy atom. The number of rotatable bonds is 8. The number of ether oxygens (including phenoxy) is 1. The Labute approximate surface area is 216 Å². The molecule has 0 spiro atoms. The Bertz CT molecular complexity index is 1220. The van der Waals surface area contributed by atoms with Gasteiger partial charge in [-0.15, -0.1) is 0 Å². The van der Waals surface area contributed by atoms with E-state index in [2.05, 4.69) is 15.6 Å². The van der Waals surface area contributed by atoms with E-state index in [1.807, 2.05) is 0 Å². The lowest BCUT2D eigenvalue weighted by Crippen LogP contribution is -2.37. The fraction of sp³-hybridized carbons (Fsp3) is 0.280. The number of anilines is 1. The SMILES string of the molecule is NC1=NC(OCCC(F)(F)F)C(C(=O)NC2CC2)=C/C1=C(/Nc1ccccc1Cl)c1ccc(Cl)cc1. The third-order valence-corrected chi connectivity index (χ3v) is 6.05. The first-order chi connectivity index (χ1) is 17.1. The van der Waals surface area contributed by atoms with Crippen LogP contribution in [0.25, 0.3) is 5.70 Å². The third-order valence-electron chi connectivity index (χ3n) is 5.47. The van der Waals surface area contributed by atoms with Crippen molar-refractivity contribution in [1.82, 2.24) is 5.32 Å². The highest BCUT2D eigenvalue weighted by molar-refractivity contribution is 6.33. The number of carbonyl (C=O) groups excluding carboxylic acids is 1. The summed E-state index contributed by atoms with van der Waals surface area (Å²) in [6.07, 6.45) is -3.71. The Balaban J connectivity index is 1.76. The number of amidine groups is 1. The zero-order chi connectivity index (χ0) is 25.9. The number of para-hydroxylation sites is 1. The van der Waals surface area contributed by atoms with Crippen LogP contribution in [0.2, 0.25) is 10.0 Å². The van der Waals surface area contributed by atoms with Crippen molar-refractivity contribution < 1.29 is 22.7 Å². The number of dihydropyridines is 1. The van der Waals surface area contributed by atoms with Gasteiger partial charge < -0.3 is 21.1 Å². The van der Waals surface area contributed by atoms with E-state index in [0.717, 1.165) is 12.8 Å². The summed E-state index contributed by atoms with van der Waals surface area (Å²) in [5, 5.41) is 7.05. The smallest absolute Gasteiger partial charge is 0.383 e. The molecule has 6 nitrogen and oxygen atoms in total. The highest BCUT2D eigenvalue weighted by Crippen LogP contribution is 2.32. The first-order valence-electron chi connectivity index (χ1n) is 11.2. The van der Waals surface area contributed by atoms with E-state index in [0.29, 0.717) is 32.6 Å². The number of hydrogen-bond donors (Lipinski definition) is 3. The molecule has 1 saturated carbocycles. The van der Waals surface area contributed by atoms with Crippen LogP contribution in [0.15, 0.2) is 70.7 Å². The van der Waals surface area contributed by atoms with Crippen molar-refractivity contribution in [3.63, 3.8) is 0 Å². The average molecular weight is 539 g/mol. The Morgan fingerprint density at radius 2 is 1.81 bits per heavy atom. The number of aliphatic imine (C=N–C) groups is 1. The van der Waals surface area contributed by atoms with Gasteiger partial charge in [-0.2, -0.15) is 13.2 Å². The van der Waals surface area contributed by atoms with Gasteiger partial charge in [-0.1, -0.05) is 47.5 Å². The van der Waals surface area contributed by atoms with E-state index in [-0.39, 0.29) is 17.5 Å². The lowest BCUT2D eigenvalue weighted by atomic mass is 9.99. The van der Waals surface area contributed by atoms with E-state index in [9.17, 15) is 18.0 Å². The van der Waals surface area contributed by atoms with Crippen LogP contribution in [-0.2, 0) is 9.53 Å². The number of amides is 1. The molecule has 1 aliphatic heterocycles. The highest BCUT2D eigenvalue weighted by Gasteiger charge is 2.33. The zero-order valence-corrected chi connectivity index (χ0v) is 20.4. The monoisotopic (exact) mass is 538 g/mol. The quantitative estimate of drug-likeness (QED) is 0.403. The molecule has 2 aromatic carbocycles. The fourth-order valence-corrected chi connectivity index (χ4v) is 3.77. The van der Waals surface area contributed by atoms with E-state index in [4.69, 9.17) is 33.7 Å². The summed E-state index contributed by atoms with van der Waals surface area (Å²) < 4.78 is 43.4. The molecule has 0 saturated heterocycles. The second-order valence-electron chi connectivity index (χ2n) is 8.35. The maximum absolute atomic E-state index is 13.0. The van der Waals surface area contributed by atoms with Crippen LogP contribution in [0.4, 0.5) is 18.9 Å². The Hall–Kier alpha value is -3.01. The van der Waals surface area contributed by atoms with Crippen LogP contribution < -0.4 is 16.4 Å². The van der Waals surface area contributed by atoms with Crippen LogP contribution in [0.5, 0.6) is 0 Å². The van der Waals surface area contributed by atoms with Gasteiger partial charge in [0.2, 0.25) is 0 Å². The summed E-state index contributed by atoms with van der Waals surface area (Å²) in [6, 6.07) is 14.0. The molecule has 11 heteroatoms. The number of nitrogens with one attached hydrogen (secondary N) is 2. The number of hydrogen-bond acceptors (Lipinski definition) is 5. The standard InChI is InChI=1S/C25H23Cl2F3N4O2/c26-15-7-5-14(6-8-15)21(33-20-4-2-1-3-19(20)27)17-13-18(23(35)32-16-9-10-16)24(34-22(17)31)36-12-11-25(28,29)30/h1-8,13,16,24,33H,9-12H2,(H2,31,34)(H,32,35)/b21-17-. The van der Waals surface area contributed by atoms with Gasteiger partial charge in [-0.3, -0.25) is 4.79 Å². The van der Waals surface area contributed by atoms with Gasteiger partial charge in [0, 0.05) is 16.6 Å². The number of alkyl halides is 3. The maximum atomic E-state index is 13.0. The molecule has 1 heterocycles. The largest absolute Gasteiger partial charge is 0.391 e. The van der Waals surface area contributed by atoms with Gasteiger partial charge in [-0.25, -0.2) is 4.99 Å². The van der Waals surface area contributed by atoms with Crippen molar-refractivity contribution in [2.24, 2.45) is 10.7 Å². The zero-order valence-electron chi connectivity index (χ0n) is 18.9. The van der Waals surface area contributed by atoms with E-state index in [1.165, 1.54) is 6.08 Å². The minimum Gasteiger partial charge on any atom is -0.383 e. The molecule has 4 rings (SSSR count). The molecule has 0 aromatic heterocycles. The first-order valence-corrected chi connectivity index (χ1v) is 11.9. The molecule has 1 unspecified atom stereocenters. The summed E-state index contributed by atoms with van der Waals surface area (Å²) in [7, 11) is 0. The molecule has 2 aliphatic rings. The predicted octanol–water partition coefficient (Wildman–Crippen LogP) is 5.69. The van der Waals surface area contributed by atoms with Crippen molar-refractivity contribution in [2.75, 3.05) is 11.9 Å². The molecular formula is C25H23Cl2F3N4O2. The second kappa shape index (κ2) is 10.9. The van der Waals surface area contributed by atoms with Crippen molar-refractivity contribution in [3.8, 4) is 0 Å². The minimum atomic E-state index is -4.41. The number of carbonyl (C=O) groups is 1. The summed E-state index contributed by atoms with van der Waals surface area (Å²) >= 11 is 12.4. The number of benzene rings is 2. The molecule has 0 bridgehead atoms. The average Bonchev–Trinajstić information content (AvgIpc) is 3.63. The molecule has 36 heavy (non-hydrogen) atoms. The molecule has 1 atom stereocenters. The number of nitrogens with zero attached hydrogens (tertiary/aromatic N) is 1. The van der Waals surface area contributed by atoms with Crippen LogP contribution in [0, 0.1) is 0 Å². The predicted molar refractivity (Wildman–Crippen MR) is 135 cm³/mol. The van der Waals surface area contributed by atoms with Crippen LogP contribution >= 0.6 is 23.2 Å². The van der Waals surface area contributed by atoms with E-state index >= 15 is 0 Å². The molecule has 1 fully saturated rings. The first kappa shape index (κ1) is 26.1. The summed E-state index contributed by atoms with van der Waals surface area (Å²) in [5.41, 5.74) is 8.41. The van der Waals surface area contributed by atoms with Crippen molar-refractivity contribution in [1.29, 1.82) is 0 Å². The van der Waals surface area contributed by atoms with Gasteiger partial charge in [0.05, 0.1) is 35.0 Å². The molecule has 190 valence electrons. The van der Waals surface area contributed by atoms with Crippen LogP contribution in [0.3, 0.4) is 0 Å². The van der Waals surface area contributed by atoms with Gasteiger partial charge in [0.1, 0.15) is 5.84 Å². The van der Waals surface area contributed by atoms with Crippen molar-refractivity contribution >= 4 is 46.3 Å². The second-order valence-corrected chi connectivity index (χ2v) is 9.19. The van der Waals surface area contributed by atoms with Crippen molar-refractivity contribution in [2.45, 2.75) is 37.7 Å². The number of halogens is 5. The van der Waals surface area contributed by atoms with Crippen LogP contribution in [0.1, 0.15) is 24.8 Å². The Morgan fingerprint density at radius 3 is 2.44 bits per heavy atom. The molecule has 1 amide bonds. The summed E-state index contributed by atoms with van der Waals surface area (Å²) in [4.78, 5) is 17.3. The van der Waals surface area contributed by atoms with Gasteiger partial charge in [-0.05, 0) is 48.7 Å². The molecule has 2 aromatic rings. The van der Waals surface area contributed by atoms with Crippen molar-refractivity contribution in [3.05, 3.63) is 81.4 Å². The normalized spacial score (nSPS) is 19.3. The fourth-order valence-electron chi connectivity index (χ4n) is 3.46. The topological polar surface area (TPSA) is 88.7 Å². The molecular weight excluding hydrogens is 516 g/mol. The Kier molecular flexibility index (Phi) is 7.92. The number of nitrogens with two attached hydrogens (primary N) is 1. The third kappa shape index (κ3) is 6.81. The lowest BCUT2D eigenvalue weighted by molar-refractivity contribution is -0.147. The maximum Gasteiger partial charge on any atom is 0.391 e. The van der Waals surface area contributed by atoms with E-state index in [1.54, 1.807) is 48.5 Å². The van der Waals surface area contributed by atoms with Gasteiger partial charge in [0.25, 0.3) is 5.91 Å².